The maximum absolute atomic E-state index is 13.2. The van der Waals surface area contributed by atoms with E-state index < -0.39 is 0 Å². The highest BCUT2D eigenvalue weighted by molar-refractivity contribution is 5.80. The lowest BCUT2D eigenvalue weighted by Crippen LogP contribution is -2.31. The number of rotatable bonds is 2. The van der Waals surface area contributed by atoms with Crippen LogP contribution in [0.25, 0.3) is 27.9 Å². The highest BCUT2D eigenvalue weighted by Crippen LogP contribution is 2.32. The van der Waals surface area contributed by atoms with Crippen LogP contribution in [0.1, 0.15) is 38.6 Å². The van der Waals surface area contributed by atoms with E-state index in [2.05, 4.69) is 27.2 Å². The number of aromatic nitrogens is 6. The molecule has 0 amide bonds. The molecule has 0 bridgehead atoms. The van der Waals surface area contributed by atoms with Crippen LogP contribution in [0.15, 0.2) is 41.6 Å². The van der Waals surface area contributed by atoms with Crippen LogP contribution in [-0.4, -0.2) is 29.4 Å². The van der Waals surface area contributed by atoms with Gasteiger partial charge in [0, 0.05) is 11.6 Å². The summed E-state index contributed by atoms with van der Waals surface area (Å²) in [5, 5.41) is 12.8. The minimum absolute atomic E-state index is 0.142. The van der Waals surface area contributed by atoms with Gasteiger partial charge in [0.25, 0.3) is 5.56 Å². The second-order valence-corrected chi connectivity index (χ2v) is 7.46. The van der Waals surface area contributed by atoms with Gasteiger partial charge in [0.1, 0.15) is 12.1 Å². The zero-order valence-electron chi connectivity index (χ0n) is 15.4. The maximum atomic E-state index is 13.2. The third-order valence-electron chi connectivity index (χ3n) is 5.72. The number of fused-ring (bicyclic) bond motifs is 3. The Bertz CT molecular complexity index is 1230. The van der Waals surface area contributed by atoms with E-state index in [1.807, 2.05) is 0 Å². The molecule has 2 unspecified atom stereocenters. The van der Waals surface area contributed by atoms with Gasteiger partial charge >= 0.3 is 0 Å². The van der Waals surface area contributed by atoms with Crippen molar-refractivity contribution < 1.29 is 4.39 Å². The van der Waals surface area contributed by atoms with Crippen molar-refractivity contribution in [2.45, 2.75) is 38.6 Å². The molecule has 1 aromatic carbocycles. The van der Waals surface area contributed by atoms with Crippen molar-refractivity contribution in [2.24, 2.45) is 5.92 Å². The van der Waals surface area contributed by atoms with Crippen LogP contribution >= 0.6 is 0 Å². The standard InChI is InChI=1S/C20H19FN6O/c1-12-4-2-3-5-16(12)26-11-22-19-17(20(26)28)24-25-18-15(10-23-27(18)19)13-6-8-14(21)9-7-13/h6-12,16H,2-5H2,1H3. The van der Waals surface area contributed by atoms with Gasteiger partial charge in [-0.3, -0.25) is 9.36 Å². The van der Waals surface area contributed by atoms with Gasteiger partial charge < -0.3 is 0 Å². The molecular formula is C20H19FN6O. The Labute approximate surface area is 159 Å². The predicted molar refractivity (Wildman–Crippen MR) is 102 cm³/mol. The molecule has 0 N–H and O–H groups in total. The minimum atomic E-state index is -0.309. The minimum Gasteiger partial charge on any atom is -0.294 e. The molecule has 7 nitrogen and oxygen atoms in total. The summed E-state index contributed by atoms with van der Waals surface area (Å²) in [5.41, 5.74) is 2.37. The van der Waals surface area contributed by atoms with Crippen molar-refractivity contribution >= 4 is 16.8 Å². The van der Waals surface area contributed by atoms with E-state index in [-0.39, 0.29) is 22.9 Å². The van der Waals surface area contributed by atoms with Gasteiger partial charge in [-0.25, -0.2) is 9.37 Å². The van der Waals surface area contributed by atoms with E-state index in [9.17, 15) is 9.18 Å². The van der Waals surface area contributed by atoms with Crippen molar-refractivity contribution in [2.75, 3.05) is 0 Å². The summed E-state index contributed by atoms with van der Waals surface area (Å²) in [6.07, 6.45) is 7.64. The number of halogens is 1. The molecule has 0 saturated heterocycles. The molecule has 3 heterocycles. The van der Waals surface area contributed by atoms with Crippen molar-refractivity contribution in [3.8, 4) is 11.1 Å². The predicted octanol–water partition coefficient (Wildman–Crippen LogP) is 3.39. The molecule has 5 rings (SSSR count). The van der Waals surface area contributed by atoms with E-state index >= 15 is 0 Å². The fourth-order valence-corrected chi connectivity index (χ4v) is 4.16. The highest BCUT2D eigenvalue weighted by Gasteiger charge is 2.25. The summed E-state index contributed by atoms with van der Waals surface area (Å²) in [7, 11) is 0. The number of hydrogen-bond donors (Lipinski definition) is 0. The Morgan fingerprint density at radius 3 is 2.64 bits per heavy atom. The number of nitrogens with zero attached hydrogens (tertiary/aromatic N) is 6. The summed E-state index contributed by atoms with van der Waals surface area (Å²) in [4.78, 5) is 17.6. The third-order valence-corrected chi connectivity index (χ3v) is 5.72. The zero-order chi connectivity index (χ0) is 19.3. The summed E-state index contributed by atoms with van der Waals surface area (Å²) < 4.78 is 16.4. The van der Waals surface area contributed by atoms with Gasteiger partial charge in [0.05, 0.1) is 6.20 Å². The SMILES string of the molecule is CC1CCCCC1n1cnc2c(nnc3c(-c4ccc(F)cc4)cnn32)c1=O. The van der Waals surface area contributed by atoms with Crippen molar-refractivity contribution in [1.82, 2.24) is 29.4 Å². The van der Waals surface area contributed by atoms with E-state index in [0.29, 0.717) is 22.8 Å². The summed E-state index contributed by atoms with van der Waals surface area (Å²) in [5.74, 6) is 0.119. The lowest BCUT2D eigenvalue weighted by Gasteiger charge is -2.29. The van der Waals surface area contributed by atoms with Gasteiger partial charge in [0.15, 0.2) is 16.8 Å². The van der Waals surface area contributed by atoms with Gasteiger partial charge in [0.2, 0.25) is 0 Å². The first-order valence-corrected chi connectivity index (χ1v) is 9.50. The average molecular weight is 378 g/mol. The quantitative estimate of drug-likeness (QED) is 0.534. The lowest BCUT2D eigenvalue weighted by molar-refractivity contribution is 0.251. The molecule has 0 spiro atoms. The van der Waals surface area contributed by atoms with Crippen LogP contribution < -0.4 is 5.56 Å². The molecule has 2 atom stereocenters. The molecular weight excluding hydrogens is 359 g/mol. The van der Waals surface area contributed by atoms with E-state index in [4.69, 9.17) is 0 Å². The van der Waals surface area contributed by atoms with E-state index in [1.54, 1.807) is 29.2 Å². The van der Waals surface area contributed by atoms with Gasteiger partial charge in [-0.1, -0.05) is 31.9 Å². The molecule has 8 heteroatoms. The Morgan fingerprint density at radius 1 is 1.07 bits per heavy atom. The molecule has 0 radical (unpaired) electrons. The van der Waals surface area contributed by atoms with Crippen LogP contribution in [0.2, 0.25) is 0 Å². The van der Waals surface area contributed by atoms with Crippen LogP contribution in [-0.2, 0) is 0 Å². The summed E-state index contributed by atoms with van der Waals surface area (Å²) >= 11 is 0. The third kappa shape index (κ3) is 2.59. The Balaban J connectivity index is 1.66. The first-order chi connectivity index (χ1) is 13.6. The Morgan fingerprint density at radius 2 is 1.86 bits per heavy atom. The summed E-state index contributed by atoms with van der Waals surface area (Å²) in [6.45, 7) is 2.18. The topological polar surface area (TPSA) is 78.0 Å². The van der Waals surface area contributed by atoms with E-state index in [0.717, 1.165) is 24.8 Å². The first kappa shape index (κ1) is 17.0. The van der Waals surface area contributed by atoms with Gasteiger partial charge in [-0.15, -0.1) is 10.2 Å². The number of benzene rings is 1. The second kappa shape index (κ2) is 6.47. The largest absolute Gasteiger partial charge is 0.294 e. The molecule has 1 saturated carbocycles. The molecule has 1 aliphatic carbocycles. The fourth-order valence-electron chi connectivity index (χ4n) is 4.16. The average Bonchev–Trinajstić information content (AvgIpc) is 3.14. The molecule has 0 aliphatic heterocycles. The number of hydrogen-bond acceptors (Lipinski definition) is 5. The monoisotopic (exact) mass is 378 g/mol. The first-order valence-electron chi connectivity index (χ1n) is 9.50. The van der Waals surface area contributed by atoms with Crippen molar-refractivity contribution in [1.29, 1.82) is 0 Å². The molecule has 3 aromatic heterocycles. The van der Waals surface area contributed by atoms with Crippen LogP contribution in [0, 0.1) is 11.7 Å². The maximum Gasteiger partial charge on any atom is 0.283 e. The highest BCUT2D eigenvalue weighted by atomic mass is 19.1. The van der Waals surface area contributed by atoms with Crippen molar-refractivity contribution in [3.63, 3.8) is 0 Å². The Kier molecular flexibility index (Phi) is 3.92. The smallest absolute Gasteiger partial charge is 0.283 e. The molecule has 1 fully saturated rings. The normalized spacial score (nSPS) is 20.1. The molecule has 28 heavy (non-hydrogen) atoms. The summed E-state index contributed by atoms with van der Waals surface area (Å²) in [6, 6.07) is 6.23. The van der Waals surface area contributed by atoms with Gasteiger partial charge in [-0.05, 0) is 36.5 Å². The second-order valence-electron chi connectivity index (χ2n) is 7.46. The van der Waals surface area contributed by atoms with Crippen LogP contribution in [0.3, 0.4) is 0 Å². The molecule has 1 aliphatic rings. The lowest BCUT2D eigenvalue weighted by atomic mass is 9.86. The van der Waals surface area contributed by atoms with Crippen LogP contribution in [0.5, 0.6) is 0 Å². The van der Waals surface area contributed by atoms with Gasteiger partial charge in [-0.2, -0.15) is 9.61 Å². The van der Waals surface area contributed by atoms with Crippen LogP contribution in [0.4, 0.5) is 4.39 Å². The fraction of sp³-hybridized carbons (Fsp3) is 0.350. The molecule has 142 valence electrons. The zero-order valence-corrected chi connectivity index (χ0v) is 15.4. The Hall–Kier alpha value is -3.16. The van der Waals surface area contributed by atoms with Crippen molar-refractivity contribution in [3.05, 3.63) is 53.0 Å². The van der Waals surface area contributed by atoms with E-state index in [1.165, 1.54) is 23.1 Å². The molecule has 4 aromatic rings.